The Kier molecular flexibility index (Phi) is 7.34. The molecular weight excluding hydrogens is 731 g/mol. The number of nitrogens with zero attached hydrogens (tertiary/aromatic N) is 1. The third kappa shape index (κ3) is 4.84. The number of anilines is 3. The Morgan fingerprint density at radius 2 is 0.966 bits per heavy atom. The third-order valence-corrected chi connectivity index (χ3v) is 14.3. The molecule has 1 aromatic heterocycles. The fourth-order valence-electron chi connectivity index (χ4n) is 10.4. The Morgan fingerprint density at radius 3 is 1.66 bits per heavy atom. The molecule has 0 saturated carbocycles. The topological polar surface area (TPSA) is 3.24 Å². The molecule has 2 aliphatic carbocycles. The molecule has 0 fully saturated rings. The van der Waals surface area contributed by atoms with Gasteiger partial charge in [-0.3, -0.25) is 0 Å². The van der Waals surface area contributed by atoms with Crippen LogP contribution in [0.3, 0.4) is 0 Å². The van der Waals surface area contributed by atoms with Crippen LogP contribution in [0.15, 0.2) is 194 Å². The molecule has 0 bridgehead atoms. The van der Waals surface area contributed by atoms with E-state index in [0.29, 0.717) is 0 Å². The molecule has 0 unspecified atom stereocenters. The van der Waals surface area contributed by atoms with E-state index in [1.807, 2.05) is 11.3 Å². The highest BCUT2D eigenvalue weighted by molar-refractivity contribution is 7.26. The molecule has 0 aliphatic heterocycles. The van der Waals surface area contributed by atoms with Crippen molar-refractivity contribution in [3.05, 3.63) is 222 Å². The van der Waals surface area contributed by atoms with Gasteiger partial charge in [0.2, 0.25) is 0 Å². The summed E-state index contributed by atoms with van der Waals surface area (Å²) in [6.45, 7) is 6.87. The van der Waals surface area contributed by atoms with E-state index in [4.69, 9.17) is 0 Å². The normalized spacial score (nSPS) is 13.5. The zero-order valence-corrected chi connectivity index (χ0v) is 34.1. The van der Waals surface area contributed by atoms with Gasteiger partial charge in [-0.1, -0.05) is 178 Å². The lowest BCUT2D eigenvalue weighted by molar-refractivity contribution is 0.590. The second-order valence-electron chi connectivity index (χ2n) is 17.2. The van der Waals surface area contributed by atoms with Crippen LogP contribution >= 0.6 is 11.3 Å². The van der Waals surface area contributed by atoms with Crippen molar-refractivity contribution < 1.29 is 0 Å². The molecular formula is C57H41NS. The van der Waals surface area contributed by atoms with Crippen LogP contribution in [0.2, 0.25) is 0 Å². The number of hydrogen-bond acceptors (Lipinski definition) is 2. The first kappa shape index (κ1) is 34.3. The van der Waals surface area contributed by atoms with Crippen molar-refractivity contribution in [1.29, 1.82) is 0 Å². The van der Waals surface area contributed by atoms with Gasteiger partial charge in [0.1, 0.15) is 0 Å². The van der Waals surface area contributed by atoms with Crippen LogP contribution in [0, 0.1) is 0 Å². The van der Waals surface area contributed by atoms with E-state index >= 15 is 0 Å². The lowest BCUT2D eigenvalue weighted by Crippen LogP contribution is -2.25. The highest BCUT2D eigenvalue weighted by Crippen LogP contribution is 2.63. The van der Waals surface area contributed by atoms with Crippen LogP contribution in [0.1, 0.15) is 48.6 Å². The van der Waals surface area contributed by atoms with E-state index in [0.717, 1.165) is 17.1 Å². The molecule has 0 N–H and O–H groups in total. The minimum Gasteiger partial charge on any atom is -0.310 e. The monoisotopic (exact) mass is 771 g/mol. The molecule has 0 saturated heterocycles. The number of thiophene rings is 1. The van der Waals surface area contributed by atoms with Gasteiger partial charge in [0.25, 0.3) is 0 Å². The molecule has 1 heterocycles. The van der Waals surface area contributed by atoms with Gasteiger partial charge < -0.3 is 4.90 Å². The molecule has 280 valence electrons. The maximum absolute atomic E-state index is 2.52. The van der Waals surface area contributed by atoms with Crippen LogP contribution in [-0.4, -0.2) is 0 Å². The first-order valence-corrected chi connectivity index (χ1v) is 21.5. The second kappa shape index (κ2) is 12.6. The average Bonchev–Trinajstić information content (AvgIpc) is 3.91. The van der Waals surface area contributed by atoms with Gasteiger partial charge in [-0.05, 0) is 103 Å². The van der Waals surface area contributed by atoms with Crippen LogP contribution in [-0.2, 0) is 10.8 Å². The van der Waals surface area contributed by atoms with E-state index in [2.05, 4.69) is 220 Å². The largest absolute Gasteiger partial charge is 0.310 e. The summed E-state index contributed by atoms with van der Waals surface area (Å²) in [7, 11) is 0. The number of hydrogen-bond donors (Lipinski definition) is 0. The first-order chi connectivity index (χ1) is 28.9. The molecule has 1 spiro atoms. The van der Waals surface area contributed by atoms with Crippen LogP contribution in [0.4, 0.5) is 17.1 Å². The quantitative estimate of drug-likeness (QED) is 0.172. The summed E-state index contributed by atoms with van der Waals surface area (Å²) < 4.78 is 2.63. The molecule has 0 atom stereocenters. The van der Waals surface area contributed by atoms with Crippen LogP contribution < -0.4 is 4.90 Å². The molecule has 2 aliphatic rings. The predicted molar refractivity (Wildman–Crippen MR) is 252 cm³/mol. The maximum Gasteiger partial charge on any atom is 0.0725 e. The van der Waals surface area contributed by atoms with Crippen molar-refractivity contribution >= 4 is 59.3 Å². The molecule has 12 rings (SSSR count). The smallest absolute Gasteiger partial charge is 0.0725 e. The van der Waals surface area contributed by atoms with Crippen molar-refractivity contribution in [2.24, 2.45) is 0 Å². The van der Waals surface area contributed by atoms with Gasteiger partial charge in [-0.25, -0.2) is 0 Å². The molecule has 0 radical (unpaired) electrons. The van der Waals surface area contributed by atoms with Crippen molar-refractivity contribution in [2.45, 2.75) is 31.6 Å². The second-order valence-corrected chi connectivity index (χ2v) is 18.3. The van der Waals surface area contributed by atoms with E-state index in [1.54, 1.807) is 0 Å². The molecule has 59 heavy (non-hydrogen) atoms. The van der Waals surface area contributed by atoms with E-state index in [1.165, 1.54) is 92.1 Å². The lowest BCUT2D eigenvalue weighted by atomic mass is 9.70. The number of rotatable bonds is 4. The third-order valence-electron chi connectivity index (χ3n) is 13.1. The van der Waals surface area contributed by atoms with Gasteiger partial charge in [-0.2, -0.15) is 0 Å². The summed E-state index contributed by atoms with van der Waals surface area (Å²) in [5.41, 5.74) is 17.6. The maximum atomic E-state index is 2.52. The van der Waals surface area contributed by atoms with Gasteiger partial charge >= 0.3 is 0 Å². The standard InChI is InChI=1S/C57H41NS/c1-56(2,3)37-28-30-38(31-29-37)58(52-34-27-36-15-4-5-16-40(36)54(52)46-22-14-21-45-44-20-9-13-26-53(44)59-55(45)46)39-32-33-51-47(35-39)43-19-8-12-25-50(43)57(51)48-23-10-6-17-41(48)42-18-7-11-24-49(42)57/h4-35H,1-3H3. The zero-order chi connectivity index (χ0) is 39.5. The van der Waals surface area contributed by atoms with E-state index in [9.17, 15) is 0 Å². The first-order valence-electron chi connectivity index (χ1n) is 20.7. The van der Waals surface area contributed by atoms with Crippen LogP contribution in [0.25, 0.3) is 64.3 Å². The fourth-order valence-corrected chi connectivity index (χ4v) is 11.7. The van der Waals surface area contributed by atoms with E-state index < -0.39 is 0 Å². The molecule has 9 aromatic carbocycles. The van der Waals surface area contributed by atoms with Crippen molar-refractivity contribution in [3.8, 4) is 33.4 Å². The molecule has 10 aromatic rings. The summed E-state index contributed by atoms with van der Waals surface area (Å²) in [4.78, 5) is 2.52. The fraction of sp³-hybridized carbons (Fsp3) is 0.0877. The molecule has 1 nitrogen and oxygen atoms in total. The van der Waals surface area contributed by atoms with Gasteiger partial charge in [0.05, 0.1) is 11.1 Å². The number of benzene rings is 9. The molecule has 0 amide bonds. The highest BCUT2D eigenvalue weighted by atomic mass is 32.1. The molecule has 2 heteroatoms. The minimum atomic E-state index is -0.387. The van der Waals surface area contributed by atoms with Crippen molar-refractivity contribution in [2.75, 3.05) is 4.90 Å². The van der Waals surface area contributed by atoms with Gasteiger partial charge in [0.15, 0.2) is 0 Å². The van der Waals surface area contributed by atoms with Crippen molar-refractivity contribution in [3.63, 3.8) is 0 Å². The summed E-state index contributed by atoms with van der Waals surface area (Å²) in [5.74, 6) is 0. The summed E-state index contributed by atoms with van der Waals surface area (Å²) in [5, 5.41) is 5.10. The SMILES string of the molecule is CC(C)(C)c1ccc(N(c2ccc3c(c2)-c2ccccc2C32c3ccccc3-c3ccccc32)c2ccc3ccccc3c2-c2cccc3c2sc2ccccc23)cc1. The zero-order valence-electron chi connectivity index (χ0n) is 33.3. The Labute approximate surface area is 349 Å². The van der Waals surface area contributed by atoms with Crippen LogP contribution in [0.5, 0.6) is 0 Å². The predicted octanol–water partition coefficient (Wildman–Crippen LogP) is 16.0. The Balaban J connectivity index is 1.15. The van der Waals surface area contributed by atoms with E-state index in [-0.39, 0.29) is 10.8 Å². The summed E-state index contributed by atoms with van der Waals surface area (Å²) in [6.07, 6.45) is 0. The average molecular weight is 772 g/mol. The Hall–Kier alpha value is -6.74. The Bertz CT molecular complexity index is 3280. The highest BCUT2D eigenvalue weighted by Gasteiger charge is 2.51. The van der Waals surface area contributed by atoms with Gasteiger partial charge in [0, 0.05) is 42.7 Å². The lowest BCUT2D eigenvalue weighted by Gasteiger charge is -2.32. The summed E-state index contributed by atoms with van der Waals surface area (Å²) in [6, 6.07) is 73.1. The number of fused-ring (bicyclic) bond motifs is 14. The Morgan fingerprint density at radius 1 is 0.424 bits per heavy atom. The minimum absolute atomic E-state index is 0.0355. The summed E-state index contributed by atoms with van der Waals surface area (Å²) >= 11 is 1.90. The van der Waals surface area contributed by atoms with Crippen molar-refractivity contribution in [1.82, 2.24) is 0 Å². The van der Waals surface area contributed by atoms with Gasteiger partial charge in [-0.15, -0.1) is 11.3 Å².